The molecule has 66 valence electrons. The predicted octanol–water partition coefficient (Wildman–Crippen LogP) is 0.511. The average molecular weight is 158 g/mol. The van der Waals surface area contributed by atoms with Crippen molar-refractivity contribution in [2.24, 2.45) is 0 Å². The van der Waals surface area contributed by atoms with Crippen molar-refractivity contribution in [3.63, 3.8) is 0 Å². The lowest BCUT2D eigenvalue weighted by Crippen LogP contribution is -2.38. The Hall–Kier alpha value is -0.570. The summed E-state index contributed by atoms with van der Waals surface area (Å²) >= 11 is 0. The van der Waals surface area contributed by atoms with Crippen molar-refractivity contribution in [2.75, 3.05) is 13.6 Å². The van der Waals surface area contributed by atoms with Crippen molar-refractivity contribution in [1.29, 1.82) is 0 Å². The molecule has 0 aliphatic carbocycles. The minimum atomic E-state index is 0.0429. The third-order valence-corrected chi connectivity index (χ3v) is 1.64. The van der Waals surface area contributed by atoms with E-state index in [9.17, 15) is 4.79 Å². The fourth-order valence-corrected chi connectivity index (χ4v) is 0.964. The highest BCUT2D eigenvalue weighted by atomic mass is 16.1. The molecule has 0 fully saturated rings. The quantitative estimate of drug-likeness (QED) is 0.612. The first-order valence-corrected chi connectivity index (χ1v) is 4.12. The molecule has 0 aliphatic rings. The summed E-state index contributed by atoms with van der Waals surface area (Å²) < 4.78 is 0. The normalized spacial score (nSPS) is 12.6. The van der Waals surface area contributed by atoms with E-state index in [0.717, 1.165) is 19.4 Å². The number of nitrogens with one attached hydrogen (secondary N) is 2. The molecule has 3 heteroatoms. The number of carbonyl (C=O) groups excluding carboxylic acids is 1. The van der Waals surface area contributed by atoms with E-state index in [2.05, 4.69) is 17.6 Å². The van der Waals surface area contributed by atoms with Crippen LogP contribution in [0.3, 0.4) is 0 Å². The van der Waals surface area contributed by atoms with Gasteiger partial charge in [-0.3, -0.25) is 4.79 Å². The van der Waals surface area contributed by atoms with Gasteiger partial charge < -0.3 is 10.6 Å². The third-order valence-electron chi connectivity index (χ3n) is 1.64. The molecule has 1 atom stereocenters. The van der Waals surface area contributed by atoms with Crippen LogP contribution in [0.1, 0.15) is 26.7 Å². The first kappa shape index (κ1) is 10.4. The van der Waals surface area contributed by atoms with Crippen molar-refractivity contribution < 1.29 is 4.79 Å². The van der Waals surface area contributed by atoms with E-state index in [-0.39, 0.29) is 5.91 Å². The van der Waals surface area contributed by atoms with Crippen LogP contribution < -0.4 is 10.6 Å². The van der Waals surface area contributed by atoms with Crippen LogP contribution >= 0.6 is 0 Å². The summed E-state index contributed by atoms with van der Waals surface area (Å²) in [6.07, 6.45) is 2.25. The Morgan fingerprint density at radius 2 is 2.18 bits per heavy atom. The Bertz CT molecular complexity index is 115. The lowest BCUT2D eigenvalue weighted by molar-refractivity contribution is -0.119. The standard InChI is InChI=1S/C8H18N2O/c1-4-5-8(9-3)6-10-7(2)11/h8-9H,4-6H2,1-3H3,(H,10,11). The van der Waals surface area contributed by atoms with Crippen LogP contribution in [0.25, 0.3) is 0 Å². The Morgan fingerprint density at radius 3 is 2.55 bits per heavy atom. The molecule has 3 nitrogen and oxygen atoms in total. The molecule has 0 saturated carbocycles. The zero-order valence-electron chi connectivity index (χ0n) is 7.61. The SMILES string of the molecule is CCCC(CNC(C)=O)NC. The van der Waals surface area contributed by atoms with E-state index in [1.807, 2.05) is 7.05 Å². The maximum absolute atomic E-state index is 10.5. The van der Waals surface area contributed by atoms with Crippen molar-refractivity contribution in [1.82, 2.24) is 10.6 Å². The minimum absolute atomic E-state index is 0.0429. The summed E-state index contributed by atoms with van der Waals surface area (Å²) in [5.74, 6) is 0.0429. The van der Waals surface area contributed by atoms with Crippen LogP contribution in [0.4, 0.5) is 0 Å². The molecule has 0 aromatic carbocycles. The van der Waals surface area contributed by atoms with Crippen LogP contribution in [0, 0.1) is 0 Å². The molecular formula is C8H18N2O. The van der Waals surface area contributed by atoms with Crippen LogP contribution in [-0.4, -0.2) is 25.5 Å². The van der Waals surface area contributed by atoms with E-state index in [4.69, 9.17) is 0 Å². The number of carbonyl (C=O) groups is 1. The van der Waals surface area contributed by atoms with Gasteiger partial charge in [-0.25, -0.2) is 0 Å². The molecule has 1 unspecified atom stereocenters. The second-order valence-electron chi connectivity index (χ2n) is 2.71. The lowest BCUT2D eigenvalue weighted by atomic mass is 10.2. The van der Waals surface area contributed by atoms with Crippen molar-refractivity contribution in [3.8, 4) is 0 Å². The summed E-state index contributed by atoms with van der Waals surface area (Å²) in [6, 6.07) is 0.420. The largest absolute Gasteiger partial charge is 0.355 e. The van der Waals surface area contributed by atoms with Crippen molar-refractivity contribution in [2.45, 2.75) is 32.7 Å². The molecular weight excluding hydrogens is 140 g/mol. The van der Waals surface area contributed by atoms with E-state index >= 15 is 0 Å². The second-order valence-corrected chi connectivity index (χ2v) is 2.71. The Balaban J connectivity index is 3.43. The molecule has 0 bridgehead atoms. The topological polar surface area (TPSA) is 41.1 Å². The smallest absolute Gasteiger partial charge is 0.216 e. The molecule has 0 aliphatic heterocycles. The van der Waals surface area contributed by atoms with Crippen LogP contribution in [-0.2, 0) is 4.79 Å². The highest BCUT2D eigenvalue weighted by Gasteiger charge is 2.03. The number of hydrogen-bond donors (Lipinski definition) is 2. The summed E-state index contributed by atoms with van der Waals surface area (Å²) in [5, 5.41) is 5.92. The molecule has 0 rings (SSSR count). The number of likely N-dealkylation sites (N-methyl/N-ethyl adjacent to an activating group) is 1. The lowest BCUT2D eigenvalue weighted by Gasteiger charge is -2.14. The van der Waals surface area contributed by atoms with Gasteiger partial charge in [-0.05, 0) is 13.5 Å². The zero-order chi connectivity index (χ0) is 8.69. The van der Waals surface area contributed by atoms with Gasteiger partial charge in [0.15, 0.2) is 0 Å². The Labute approximate surface area is 68.6 Å². The van der Waals surface area contributed by atoms with E-state index in [0.29, 0.717) is 6.04 Å². The van der Waals surface area contributed by atoms with Gasteiger partial charge in [0.1, 0.15) is 0 Å². The minimum Gasteiger partial charge on any atom is -0.355 e. The van der Waals surface area contributed by atoms with Gasteiger partial charge in [-0.2, -0.15) is 0 Å². The Kier molecular flexibility index (Phi) is 5.84. The molecule has 0 saturated heterocycles. The molecule has 1 amide bonds. The molecule has 0 radical (unpaired) electrons. The molecule has 0 aromatic rings. The van der Waals surface area contributed by atoms with Gasteiger partial charge in [0.25, 0.3) is 0 Å². The average Bonchev–Trinajstić information content (AvgIpc) is 1.97. The van der Waals surface area contributed by atoms with E-state index in [1.54, 1.807) is 6.92 Å². The summed E-state index contributed by atoms with van der Waals surface area (Å²) in [4.78, 5) is 10.5. The monoisotopic (exact) mass is 158 g/mol. The molecule has 0 heterocycles. The van der Waals surface area contributed by atoms with Gasteiger partial charge in [0.2, 0.25) is 5.91 Å². The zero-order valence-corrected chi connectivity index (χ0v) is 7.61. The van der Waals surface area contributed by atoms with E-state index in [1.165, 1.54) is 0 Å². The van der Waals surface area contributed by atoms with Crippen LogP contribution in [0.15, 0.2) is 0 Å². The summed E-state index contributed by atoms with van der Waals surface area (Å²) in [7, 11) is 1.92. The second kappa shape index (κ2) is 6.16. The number of rotatable bonds is 5. The van der Waals surface area contributed by atoms with Crippen LogP contribution in [0.2, 0.25) is 0 Å². The maximum atomic E-state index is 10.5. The first-order chi connectivity index (χ1) is 5.20. The van der Waals surface area contributed by atoms with Gasteiger partial charge in [0, 0.05) is 19.5 Å². The molecule has 0 aromatic heterocycles. The Morgan fingerprint density at radius 1 is 1.55 bits per heavy atom. The maximum Gasteiger partial charge on any atom is 0.216 e. The van der Waals surface area contributed by atoms with E-state index < -0.39 is 0 Å². The molecule has 0 spiro atoms. The highest BCUT2D eigenvalue weighted by Crippen LogP contribution is 1.93. The van der Waals surface area contributed by atoms with Gasteiger partial charge in [-0.1, -0.05) is 13.3 Å². The van der Waals surface area contributed by atoms with Crippen molar-refractivity contribution in [3.05, 3.63) is 0 Å². The summed E-state index contributed by atoms with van der Waals surface area (Å²) in [5.41, 5.74) is 0. The van der Waals surface area contributed by atoms with Crippen molar-refractivity contribution >= 4 is 5.91 Å². The predicted molar refractivity (Wildman–Crippen MR) is 46.4 cm³/mol. The fraction of sp³-hybridized carbons (Fsp3) is 0.875. The first-order valence-electron chi connectivity index (χ1n) is 4.12. The molecule has 2 N–H and O–H groups in total. The van der Waals surface area contributed by atoms with Gasteiger partial charge in [0.05, 0.1) is 0 Å². The van der Waals surface area contributed by atoms with Gasteiger partial charge in [-0.15, -0.1) is 0 Å². The fourth-order valence-electron chi connectivity index (χ4n) is 0.964. The van der Waals surface area contributed by atoms with Crippen LogP contribution in [0.5, 0.6) is 0 Å². The van der Waals surface area contributed by atoms with Gasteiger partial charge >= 0.3 is 0 Å². The molecule has 11 heavy (non-hydrogen) atoms. The number of amides is 1. The number of hydrogen-bond acceptors (Lipinski definition) is 2. The third kappa shape index (κ3) is 5.85. The summed E-state index contributed by atoms with van der Waals surface area (Å²) in [6.45, 7) is 4.41. The highest BCUT2D eigenvalue weighted by molar-refractivity contribution is 5.72.